The first kappa shape index (κ1) is 35.7. The van der Waals surface area contributed by atoms with Gasteiger partial charge < -0.3 is 10.7 Å². The van der Waals surface area contributed by atoms with Crippen LogP contribution < -0.4 is 0 Å². The van der Waals surface area contributed by atoms with Gasteiger partial charge in [0.25, 0.3) is 0 Å². The number of methoxy groups -OCH3 is 1. The number of halogens is 6. The molecule has 0 aliphatic heterocycles. The van der Waals surface area contributed by atoms with Crippen molar-refractivity contribution in [1.82, 2.24) is 0 Å². The number of ether oxygens (including phenoxy) is 1. The average Bonchev–Trinajstić information content (AvgIpc) is 2.49. The molecule has 24 heavy (non-hydrogen) atoms. The molecule has 0 heterocycles. The van der Waals surface area contributed by atoms with Crippen LogP contribution in [0.3, 0.4) is 0 Å². The quantitative estimate of drug-likeness (QED) is 0.300. The minimum atomic E-state index is -2.57. The fraction of sp³-hybridized carbons (Fsp3) is 0.938. The summed E-state index contributed by atoms with van der Waals surface area (Å²) in [6.07, 6.45) is 2.27. The molecule has 0 N–H and O–H groups in total. The van der Waals surface area contributed by atoms with E-state index in [1.165, 1.54) is 13.0 Å². The fourth-order valence-electron chi connectivity index (χ4n) is 1.28. The van der Waals surface area contributed by atoms with Gasteiger partial charge in [-0.1, -0.05) is 13.8 Å². The van der Waals surface area contributed by atoms with Gasteiger partial charge in [0.2, 0.25) is 11.8 Å². The van der Waals surface area contributed by atoms with Gasteiger partial charge in [-0.05, 0) is 20.3 Å². The predicted octanol–water partition coefficient (Wildman–Crippen LogP) is 6.66. The van der Waals surface area contributed by atoms with E-state index < -0.39 is 11.8 Å². The third-order valence-electron chi connectivity index (χ3n) is 2.66. The van der Waals surface area contributed by atoms with Crippen LogP contribution in [0.2, 0.25) is 0 Å². The Kier molecular flexibility index (Phi) is 35.2. The van der Waals surface area contributed by atoms with Crippen molar-refractivity contribution in [2.75, 3.05) is 28.1 Å². The standard InChI is InChI=1S/C9H17F2.C5H10F2O.2CH3F.Y/c1-4-8(5-2)6-7-9(3,10)11;1-5(6,7)3-4-8-2;2*1-2;/h4-7H2,1-3H3;3-4H2,1-2H3;2*1H3;/q-1;;;;. The first-order valence-corrected chi connectivity index (χ1v) is 7.39. The van der Waals surface area contributed by atoms with E-state index in [9.17, 15) is 26.3 Å². The van der Waals surface area contributed by atoms with Gasteiger partial charge in [0.05, 0.1) is 21.0 Å². The number of rotatable bonds is 8. The minimum absolute atomic E-state index is 0. The Bertz CT molecular complexity index is 204. The van der Waals surface area contributed by atoms with Crippen molar-refractivity contribution >= 4 is 0 Å². The summed E-state index contributed by atoms with van der Waals surface area (Å²) in [5.41, 5.74) is 0. The van der Waals surface area contributed by atoms with Crippen molar-refractivity contribution in [3.63, 3.8) is 0 Å². The predicted molar refractivity (Wildman–Crippen MR) is 84.9 cm³/mol. The van der Waals surface area contributed by atoms with Crippen molar-refractivity contribution in [2.45, 2.75) is 71.6 Å². The molecule has 8 heteroatoms. The van der Waals surface area contributed by atoms with Crippen LogP contribution in [0.5, 0.6) is 0 Å². The summed E-state index contributed by atoms with van der Waals surface area (Å²) in [4.78, 5) is 0. The van der Waals surface area contributed by atoms with E-state index in [2.05, 4.69) is 4.74 Å². The van der Waals surface area contributed by atoms with E-state index in [0.717, 1.165) is 26.7 Å². The molecule has 1 nitrogen and oxygen atoms in total. The van der Waals surface area contributed by atoms with Gasteiger partial charge >= 0.3 is 0 Å². The van der Waals surface area contributed by atoms with Crippen LogP contribution in [0.15, 0.2) is 0 Å². The summed E-state index contributed by atoms with van der Waals surface area (Å²) in [5, 5.41) is 0. The molecule has 1 radical (unpaired) electrons. The van der Waals surface area contributed by atoms with Crippen LogP contribution >= 0.6 is 0 Å². The number of hydrogen-bond donors (Lipinski definition) is 0. The second-order valence-electron chi connectivity index (χ2n) is 4.84. The molecule has 0 rings (SSSR count). The Morgan fingerprint density at radius 2 is 1.12 bits per heavy atom. The van der Waals surface area contributed by atoms with Crippen molar-refractivity contribution in [2.24, 2.45) is 0 Å². The molecular weight excluding hydrogens is 411 g/mol. The van der Waals surface area contributed by atoms with Crippen molar-refractivity contribution < 1.29 is 63.8 Å². The fourth-order valence-corrected chi connectivity index (χ4v) is 1.28. The summed E-state index contributed by atoms with van der Waals surface area (Å²) >= 11 is 0. The van der Waals surface area contributed by atoms with Gasteiger partial charge in [0.15, 0.2) is 0 Å². The number of alkyl halides is 6. The van der Waals surface area contributed by atoms with Crippen LogP contribution in [0.1, 0.15) is 59.8 Å². The minimum Gasteiger partial charge on any atom is -0.384 e. The molecule has 0 saturated heterocycles. The van der Waals surface area contributed by atoms with E-state index in [0.29, 0.717) is 20.8 Å². The van der Waals surface area contributed by atoms with Gasteiger partial charge in [-0.2, -0.15) is 19.3 Å². The summed E-state index contributed by atoms with van der Waals surface area (Å²) in [6, 6.07) is 0. The molecule has 0 aliphatic carbocycles. The molecule has 0 spiro atoms. The summed E-state index contributed by atoms with van der Waals surface area (Å²) in [5.74, 6) is -3.82. The molecule has 0 unspecified atom stereocenters. The van der Waals surface area contributed by atoms with Gasteiger partial charge in [0, 0.05) is 46.2 Å². The normalized spacial score (nSPS) is 10.2. The molecule has 0 bridgehead atoms. The molecule has 0 aromatic heterocycles. The molecule has 0 amide bonds. The second kappa shape index (κ2) is 23.6. The van der Waals surface area contributed by atoms with E-state index in [-0.39, 0.29) is 52.2 Å². The maximum Gasteiger partial charge on any atom is 0.247 e. The molecule has 0 aromatic carbocycles. The van der Waals surface area contributed by atoms with Crippen LogP contribution in [-0.2, 0) is 37.4 Å². The maximum atomic E-state index is 12.3. The first-order chi connectivity index (χ1) is 10.6. The molecule has 0 atom stereocenters. The third kappa shape index (κ3) is 43.3. The topological polar surface area (TPSA) is 9.23 Å². The summed E-state index contributed by atoms with van der Waals surface area (Å²) in [6.45, 7) is 6.03. The van der Waals surface area contributed by atoms with E-state index in [4.69, 9.17) is 0 Å². The Morgan fingerprint density at radius 3 is 1.29 bits per heavy atom. The first-order valence-electron chi connectivity index (χ1n) is 7.39. The van der Waals surface area contributed by atoms with Crippen molar-refractivity contribution in [3.05, 3.63) is 5.92 Å². The Morgan fingerprint density at radius 1 is 0.792 bits per heavy atom. The van der Waals surface area contributed by atoms with E-state index in [1.54, 1.807) is 0 Å². The van der Waals surface area contributed by atoms with Gasteiger partial charge in [-0.15, -0.1) is 0 Å². The molecule has 0 fully saturated rings. The van der Waals surface area contributed by atoms with Crippen LogP contribution in [0.25, 0.3) is 0 Å². The van der Waals surface area contributed by atoms with Crippen LogP contribution in [0.4, 0.5) is 26.3 Å². The molecule has 0 aliphatic rings. The Hall–Kier alpha value is 0.644. The Balaban J connectivity index is -0.0000000822. The van der Waals surface area contributed by atoms with Gasteiger partial charge in [-0.3, -0.25) is 8.78 Å². The zero-order chi connectivity index (χ0) is 19.5. The van der Waals surface area contributed by atoms with E-state index in [1.807, 2.05) is 13.8 Å². The van der Waals surface area contributed by atoms with Crippen LogP contribution in [-0.4, -0.2) is 39.9 Å². The molecule has 0 aromatic rings. The smallest absolute Gasteiger partial charge is 0.247 e. The Labute approximate surface area is 169 Å². The van der Waals surface area contributed by atoms with Gasteiger partial charge in [-0.25, -0.2) is 17.6 Å². The van der Waals surface area contributed by atoms with Crippen molar-refractivity contribution in [1.29, 1.82) is 0 Å². The largest absolute Gasteiger partial charge is 0.384 e. The van der Waals surface area contributed by atoms with Crippen molar-refractivity contribution in [3.8, 4) is 0 Å². The van der Waals surface area contributed by atoms with Crippen LogP contribution in [0, 0.1) is 5.92 Å². The molecule has 149 valence electrons. The third-order valence-corrected chi connectivity index (χ3v) is 2.66. The summed E-state index contributed by atoms with van der Waals surface area (Å²) < 4.78 is 71.8. The molecule has 0 saturated carbocycles. The monoisotopic (exact) mass is 444 g/mol. The summed E-state index contributed by atoms with van der Waals surface area (Å²) in [7, 11) is 2.41. The molecular formula is C16H33F6OY-. The average molecular weight is 444 g/mol. The maximum absolute atomic E-state index is 12.3. The zero-order valence-corrected chi connectivity index (χ0v) is 18.8. The zero-order valence-electron chi connectivity index (χ0n) is 16.0. The van der Waals surface area contributed by atoms with Gasteiger partial charge in [0.1, 0.15) is 0 Å². The van der Waals surface area contributed by atoms with E-state index >= 15 is 0 Å². The SMILES string of the molecule is CC[C-](CC)CCC(C)(F)F.CF.CF.COCCC(C)(F)F.[Y]. The second-order valence-corrected chi connectivity index (χ2v) is 4.84. The number of hydrogen-bond acceptors (Lipinski definition) is 1.